The number of aromatic nitrogens is 2. The first-order valence-corrected chi connectivity index (χ1v) is 7.11. The van der Waals surface area contributed by atoms with Crippen molar-refractivity contribution >= 4 is 5.69 Å². The summed E-state index contributed by atoms with van der Waals surface area (Å²) in [6.07, 6.45) is 9.01. The highest BCUT2D eigenvalue weighted by atomic mass is 16.5. The molecule has 1 aromatic heterocycles. The van der Waals surface area contributed by atoms with Crippen LogP contribution < -0.4 is 5.32 Å². The van der Waals surface area contributed by atoms with Crippen molar-refractivity contribution in [2.24, 2.45) is 0 Å². The molecule has 2 unspecified atom stereocenters. The molecule has 102 valence electrons. The van der Waals surface area contributed by atoms with Gasteiger partial charge in [-0.05, 0) is 33.1 Å². The Morgan fingerprint density at radius 3 is 3.06 bits per heavy atom. The lowest BCUT2D eigenvalue weighted by molar-refractivity contribution is 0.00598. The van der Waals surface area contributed by atoms with E-state index in [-0.39, 0.29) is 0 Å². The zero-order valence-corrected chi connectivity index (χ0v) is 11.7. The Morgan fingerprint density at radius 2 is 2.39 bits per heavy atom. The number of ether oxygens (including phenoxy) is 1. The SMILES string of the molecule is CCCC1CC(Nc2cnn(C(C)C)c2)CCO1. The zero-order valence-electron chi connectivity index (χ0n) is 11.7. The van der Waals surface area contributed by atoms with Crippen LogP contribution in [0.4, 0.5) is 5.69 Å². The molecule has 1 fully saturated rings. The van der Waals surface area contributed by atoms with E-state index in [0.29, 0.717) is 18.2 Å². The van der Waals surface area contributed by atoms with E-state index in [1.165, 1.54) is 12.8 Å². The van der Waals surface area contributed by atoms with Crippen LogP contribution in [0.2, 0.25) is 0 Å². The summed E-state index contributed by atoms with van der Waals surface area (Å²) in [5, 5.41) is 7.94. The van der Waals surface area contributed by atoms with Crippen LogP contribution in [0.25, 0.3) is 0 Å². The Bertz CT molecular complexity index is 360. The van der Waals surface area contributed by atoms with Gasteiger partial charge in [0.15, 0.2) is 0 Å². The zero-order chi connectivity index (χ0) is 13.0. The van der Waals surface area contributed by atoms with Crippen LogP contribution in [-0.4, -0.2) is 28.5 Å². The molecule has 4 nitrogen and oxygen atoms in total. The van der Waals surface area contributed by atoms with Gasteiger partial charge in [-0.25, -0.2) is 0 Å². The lowest BCUT2D eigenvalue weighted by Gasteiger charge is -2.30. The topological polar surface area (TPSA) is 39.1 Å². The quantitative estimate of drug-likeness (QED) is 0.873. The average molecular weight is 251 g/mol. The van der Waals surface area contributed by atoms with Crippen LogP contribution in [0.1, 0.15) is 52.5 Å². The molecule has 2 heterocycles. The largest absolute Gasteiger partial charge is 0.380 e. The van der Waals surface area contributed by atoms with E-state index < -0.39 is 0 Å². The molecule has 0 radical (unpaired) electrons. The molecule has 0 aromatic carbocycles. The van der Waals surface area contributed by atoms with Crippen molar-refractivity contribution in [3.63, 3.8) is 0 Å². The van der Waals surface area contributed by atoms with Gasteiger partial charge in [-0.15, -0.1) is 0 Å². The summed E-state index contributed by atoms with van der Waals surface area (Å²) in [6, 6.07) is 0.947. The highest BCUT2D eigenvalue weighted by Gasteiger charge is 2.22. The summed E-state index contributed by atoms with van der Waals surface area (Å²) in [4.78, 5) is 0. The molecule has 0 bridgehead atoms. The van der Waals surface area contributed by atoms with Gasteiger partial charge in [0.05, 0.1) is 18.0 Å². The number of nitrogens with zero attached hydrogens (tertiary/aromatic N) is 2. The Labute approximate surface area is 110 Å². The second-order valence-corrected chi connectivity index (χ2v) is 5.45. The van der Waals surface area contributed by atoms with Gasteiger partial charge in [0, 0.05) is 24.9 Å². The summed E-state index contributed by atoms with van der Waals surface area (Å²) in [7, 11) is 0. The smallest absolute Gasteiger partial charge is 0.0728 e. The van der Waals surface area contributed by atoms with E-state index in [1.807, 2.05) is 10.9 Å². The van der Waals surface area contributed by atoms with Gasteiger partial charge in [-0.2, -0.15) is 5.10 Å². The van der Waals surface area contributed by atoms with Gasteiger partial charge in [0.25, 0.3) is 0 Å². The number of anilines is 1. The summed E-state index contributed by atoms with van der Waals surface area (Å²) < 4.78 is 7.76. The van der Waals surface area contributed by atoms with Crippen molar-refractivity contribution in [3.8, 4) is 0 Å². The molecule has 0 aliphatic carbocycles. The maximum atomic E-state index is 5.77. The Hall–Kier alpha value is -1.03. The maximum absolute atomic E-state index is 5.77. The first kappa shape index (κ1) is 13.4. The van der Waals surface area contributed by atoms with Crippen LogP contribution in [-0.2, 0) is 4.74 Å². The molecule has 0 saturated carbocycles. The fourth-order valence-corrected chi connectivity index (χ4v) is 2.47. The normalized spacial score (nSPS) is 24.4. The summed E-state index contributed by atoms with van der Waals surface area (Å²) in [6.45, 7) is 7.37. The highest BCUT2D eigenvalue weighted by Crippen LogP contribution is 2.21. The standard InChI is InChI=1S/C14H25N3O/c1-4-5-14-8-12(6-7-18-14)16-13-9-15-17(10-13)11(2)3/h9-12,14,16H,4-8H2,1-3H3. The van der Waals surface area contributed by atoms with E-state index in [4.69, 9.17) is 4.74 Å². The molecule has 2 rings (SSSR count). The molecule has 1 N–H and O–H groups in total. The van der Waals surface area contributed by atoms with Crippen molar-refractivity contribution < 1.29 is 4.74 Å². The molecule has 0 amide bonds. The van der Waals surface area contributed by atoms with E-state index in [2.05, 4.69) is 37.4 Å². The first-order chi connectivity index (χ1) is 8.69. The molecule has 1 aliphatic rings. The first-order valence-electron chi connectivity index (χ1n) is 7.11. The molecule has 1 saturated heterocycles. The van der Waals surface area contributed by atoms with E-state index in [1.54, 1.807) is 0 Å². The number of hydrogen-bond donors (Lipinski definition) is 1. The average Bonchev–Trinajstić information content (AvgIpc) is 2.78. The third-order valence-electron chi connectivity index (χ3n) is 3.48. The van der Waals surface area contributed by atoms with Crippen molar-refractivity contribution in [2.75, 3.05) is 11.9 Å². The van der Waals surface area contributed by atoms with Crippen molar-refractivity contribution in [3.05, 3.63) is 12.4 Å². The van der Waals surface area contributed by atoms with Gasteiger partial charge in [0.2, 0.25) is 0 Å². The van der Waals surface area contributed by atoms with E-state index >= 15 is 0 Å². The van der Waals surface area contributed by atoms with Gasteiger partial charge in [0.1, 0.15) is 0 Å². The molecule has 4 heteroatoms. The van der Waals surface area contributed by atoms with Gasteiger partial charge in [-0.3, -0.25) is 4.68 Å². The molecular weight excluding hydrogens is 226 g/mol. The van der Waals surface area contributed by atoms with Crippen molar-refractivity contribution in [2.45, 2.75) is 64.6 Å². The second-order valence-electron chi connectivity index (χ2n) is 5.45. The molecule has 1 aromatic rings. The third kappa shape index (κ3) is 3.48. The fraction of sp³-hybridized carbons (Fsp3) is 0.786. The Balaban J connectivity index is 1.87. The Morgan fingerprint density at radius 1 is 1.56 bits per heavy atom. The minimum absolute atomic E-state index is 0.420. The number of nitrogens with one attached hydrogen (secondary N) is 1. The Kier molecular flexibility index (Phi) is 4.64. The summed E-state index contributed by atoms with van der Waals surface area (Å²) in [5.74, 6) is 0. The van der Waals surface area contributed by atoms with Crippen LogP contribution in [0.5, 0.6) is 0 Å². The highest BCUT2D eigenvalue weighted by molar-refractivity contribution is 5.39. The predicted octanol–water partition coefficient (Wildman–Crippen LogP) is 3.22. The van der Waals surface area contributed by atoms with Gasteiger partial charge in [-0.1, -0.05) is 13.3 Å². The molecular formula is C14H25N3O. The van der Waals surface area contributed by atoms with Gasteiger partial charge < -0.3 is 10.1 Å². The van der Waals surface area contributed by atoms with Crippen LogP contribution in [0.15, 0.2) is 12.4 Å². The van der Waals surface area contributed by atoms with Gasteiger partial charge >= 0.3 is 0 Å². The summed E-state index contributed by atoms with van der Waals surface area (Å²) in [5.41, 5.74) is 1.13. The number of rotatable bonds is 5. The lowest BCUT2D eigenvalue weighted by Crippen LogP contribution is -2.33. The number of hydrogen-bond acceptors (Lipinski definition) is 3. The molecule has 18 heavy (non-hydrogen) atoms. The van der Waals surface area contributed by atoms with Crippen LogP contribution in [0.3, 0.4) is 0 Å². The van der Waals surface area contributed by atoms with Crippen molar-refractivity contribution in [1.29, 1.82) is 0 Å². The van der Waals surface area contributed by atoms with Crippen molar-refractivity contribution in [1.82, 2.24) is 9.78 Å². The summed E-state index contributed by atoms with van der Waals surface area (Å²) >= 11 is 0. The molecule has 0 spiro atoms. The fourth-order valence-electron chi connectivity index (χ4n) is 2.47. The minimum atomic E-state index is 0.420. The molecule has 2 atom stereocenters. The predicted molar refractivity (Wildman–Crippen MR) is 73.9 cm³/mol. The van der Waals surface area contributed by atoms with E-state index in [9.17, 15) is 0 Å². The minimum Gasteiger partial charge on any atom is -0.380 e. The monoisotopic (exact) mass is 251 g/mol. The van der Waals surface area contributed by atoms with E-state index in [0.717, 1.165) is 25.1 Å². The second kappa shape index (κ2) is 6.23. The maximum Gasteiger partial charge on any atom is 0.0728 e. The molecule has 1 aliphatic heterocycles. The van der Waals surface area contributed by atoms with Crippen LogP contribution >= 0.6 is 0 Å². The van der Waals surface area contributed by atoms with Crippen LogP contribution in [0, 0.1) is 0 Å². The third-order valence-corrected chi connectivity index (χ3v) is 3.48. The lowest BCUT2D eigenvalue weighted by atomic mass is 10.00.